The van der Waals surface area contributed by atoms with Gasteiger partial charge in [0.15, 0.2) is 11.5 Å². The van der Waals surface area contributed by atoms with E-state index in [4.69, 9.17) is 15.2 Å². The molecule has 118 valence electrons. The number of hydrogen-bond donors (Lipinski definition) is 1. The molecule has 1 atom stereocenters. The molecule has 1 aromatic rings. The Bertz CT molecular complexity index is 451. The van der Waals surface area contributed by atoms with Crippen LogP contribution in [-0.2, 0) is 0 Å². The molecular formula is C18H29NO2. The van der Waals surface area contributed by atoms with E-state index in [0.29, 0.717) is 5.92 Å². The summed E-state index contributed by atoms with van der Waals surface area (Å²) >= 11 is 0. The van der Waals surface area contributed by atoms with Crippen LogP contribution in [0, 0.1) is 12.8 Å². The molecule has 1 unspecified atom stereocenters. The van der Waals surface area contributed by atoms with Gasteiger partial charge >= 0.3 is 0 Å². The van der Waals surface area contributed by atoms with Gasteiger partial charge in [0, 0.05) is 6.04 Å². The molecule has 0 aromatic heterocycles. The Morgan fingerprint density at radius 3 is 2.05 bits per heavy atom. The summed E-state index contributed by atoms with van der Waals surface area (Å²) < 4.78 is 10.8. The highest BCUT2D eigenvalue weighted by molar-refractivity contribution is 5.48. The van der Waals surface area contributed by atoms with Crippen molar-refractivity contribution in [2.75, 3.05) is 14.2 Å². The van der Waals surface area contributed by atoms with Gasteiger partial charge in [0.25, 0.3) is 0 Å². The molecule has 0 aliphatic heterocycles. The molecule has 0 spiro atoms. The molecule has 21 heavy (non-hydrogen) atoms. The van der Waals surface area contributed by atoms with Gasteiger partial charge in [-0.1, -0.05) is 32.1 Å². The van der Waals surface area contributed by atoms with Gasteiger partial charge in [-0.2, -0.15) is 0 Å². The van der Waals surface area contributed by atoms with Crippen molar-refractivity contribution in [3.05, 3.63) is 23.3 Å². The second kappa shape index (κ2) is 7.69. The summed E-state index contributed by atoms with van der Waals surface area (Å²) in [7, 11) is 3.35. The van der Waals surface area contributed by atoms with Crippen molar-refractivity contribution in [2.45, 2.75) is 57.9 Å². The normalized spacial score (nSPS) is 18.7. The molecule has 3 nitrogen and oxygen atoms in total. The minimum atomic E-state index is 0.0999. The van der Waals surface area contributed by atoms with E-state index in [1.54, 1.807) is 14.2 Å². The van der Waals surface area contributed by atoms with Crippen LogP contribution in [-0.4, -0.2) is 14.2 Å². The van der Waals surface area contributed by atoms with Crippen LogP contribution < -0.4 is 15.2 Å². The molecule has 1 aliphatic rings. The lowest BCUT2D eigenvalue weighted by Gasteiger charge is -2.27. The van der Waals surface area contributed by atoms with Crippen LogP contribution in [0.4, 0.5) is 0 Å². The van der Waals surface area contributed by atoms with Gasteiger partial charge in [-0.05, 0) is 48.9 Å². The highest BCUT2D eigenvalue weighted by atomic mass is 16.5. The van der Waals surface area contributed by atoms with Crippen LogP contribution in [0.2, 0.25) is 0 Å². The van der Waals surface area contributed by atoms with E-state index in [9.17, 15) is 0 Å². The van der Waals surface area contributed by atoms with Gasteiger partial charge in [0.05, 0.1) is 14.2 Å². The molecule has 0 saturated heterocycles. The lowest BCUT2D eigenvalue weighted by molar-refractivity contribution is 0.323. The molecule has 0 heterocycles. The second-order valence-corrected chi connectivity index (χ2v) is 6.19. The molecule has 1 aromatic carbocycles. The Hall–Kier alpha value is -1.22. The molecule has 0 radical (unpaired) electrons. The summed E-state index contributed by atoms with van der Waals surface area (Å²) in [5.41, 5.74) is 9.01. The van der Waals surface area contributed by atoms with Crippen LogP contribution in [0.5, 0.6) is 11.5 Å². The molecule has 2 rings (SSSR count). The molecule has 3 heteroatoms. The van der Waals surface area contributed by atoms with E-state index >= 15 is 0 Å². The largest absolute Gasteiger partial charge is 0.493 e. The SMILES string of the molecule is COc1cc(C)c(C(N)C2CCCCCCC2)cc1OC. The van der Waals surface area contributed by atoms with Crippen molar-refractivity contribution >= 4 is 0 Å². The minimum Gasteiger partial charge on any atom is -0.493 e. The topological polar surface area (TPSA) is 44.5 Å². The fourth-order valence-corrected chi connectivity index (χ4v) is 3.46. The summed E-state index contributed by atoms with van der Waals surface area (Å²) in [4.78, 5) is 0. The Morgan fingerprint density at radius 2 is 1.48 bits per heavy atom. The van der Waals surface area contributed by atoms with Crippen LogP contribution in [0.1, 0.15) is 62.1 Å². The van der Waals surface area contributed by atoms with E-state index in [1.165, 1.54) is 56.1 Å². The zero-order chi connectivity index (χ0) is 15.2. The number of aryl methyl sites for hydroxylation is 1. The third-order valence-corrected chi connectivity index (χ3v) is 4.79. The van der Waals surface area contributed by atoms with Crippen molar-refractivity contribution in [1.29, 1.82) is 0 Å². The minimum absolute atomic E-state index is 0.0999. The van der Waals surface area contributed by atoms with Crippen LogP contribution in [0.3, 0.4) is 0 Å². The van der Waals surface area contributed by atoms with Gasteiger partial charge in [0.1, 0.15) is 0 Å². The van der Waals surface area contributed by atoms with Gasteiger partial charge in [-0.25, -0.2) is 0 Å². The van der Waals surface area contributed by atoms with Crippen molar-refractivity contribution in [3.8, 4) is 11.5 Å². The standard InChI is InChI=1S/C18H29NO2/c1-13-11-16(20-2)17(21-3)12-15(13)18(19)14-9-7-5-4-6-8-10-14/h11-12,14,18H,4-10,19H2,1-3H3. The van der Waals surface area contributed by atoms with Gasteiger partial charge in [0.2, 0.25) is 0 Å². The Balaban J connectivity index is 2.22. The summed E-state index contributed by atoms with van der Waals surface area (Å²) in [5.74, 6) is 2.14. The first kappa shape index (κ1) is 16.2. The molecule has 0 bridgehead atoms. The first-order valence-electron chi connectivity index (χ1n) is 8.15. The maximum absolute atomic E-state index is 6.61. The van der Waals surface area contributed by atoms with Crippen molar-refractivity contribution < 1.29 is 9.47 Å². The molecule has 0 amide bonds. The number of methoxy groups -OCH3 is 2. The third-order valence-electron chi connectivity index (χ3n) is 4.79. The Labute approximate surface area is 128 Å². The van der Waals surface area contributed by atoms with Crippen molar-refractivity contribution in [3.63, 3.8) is 0 Å². The lowest BCUT2D eigenvalue weighted by atomic mass is 9.82. The summed E-state index contributed by atoms with van der Waals surface area (Å²) in [5, 5.41) is 0. The average molecular weight is 291 g/mol. The number of rotatable bonds is 4. The van der Waals surface area contributed by atoms with E-state index in [2.05, 4.69) is 13.0 Å². The van der Waals surface area contributed by atoms with Crippen molar-refractivity contribution in [1.82, 2.24) is 0 Å². The van der Waals surface area contributed by atoms with Gasteiger partial charge < -0.3 is 15.2 Å². The van der Waals surface area contributed by atoms with E-state index in [1.807, 2.05) is 6.07 Å². The monoisotopic (exact) mass is 291 g/mol. The Morgan fingerprint density at radius 1 is 0.952 bits per heavy atom. The fourth-order valence-electron chi connectivity index (χ4n) is 3.46. The number of hydrogen-bond acceptors (Lipinski definition) is 3. The number of nitrogens with two attached hydrogens (primary N) is 1. The Kier molecular flexibility index (Phi) is 5.92. The van der Waals surface area contributed by atoms with E-state index in [0.717, 1.165) is 11.5 Å². The molecule has 2 N–H and O–H groups in total. The van der Waals surface area contributed by atoms with Crippen LogP contribution >= 0.6 is 0 Å². The van der Waals surface area contributed by atoms with Crippen LogP contribution in [0.15, 0.2) is 12.1 Å². The smallest absolute Gasteiger partial charge is 0.161 e. The summed E-state index contributed by atoms with van der Waals surface area (Å²) in [6.07, 6.45) is 9.21. The molecular weight excluding hydrogens is 262 g/mol. The zero-order valence-electron chi connectivity index (χ0n) is 13.7. The van der Waals surface area contributed by atoms with Gasteiger partial charge in [-0.15, -0.1) is 0 Å². The lowest BCUT2D eigenvalue weighted by Crippen LogP contribution is -2.23. The highest BCUT2D eigenvalue weighted by Crippen LogP contribution is 2.37. The summed E-state index contributed by atoms with van der Waals surface area (Å²) in [6, 6.07) is 4.21. The first-order valence-corrected chi connectivity index (χ1v) is 8.15. The molecule has 1 fully saturated rings. The van der Waals surface area contributed by atoms with E-state index < -0.39 is 0 Å². The molecule has 1 aliphatic carbocycles. The first-order chi connectivity index (χ1) is 10.2. The second-order valence-electron chi connectivity index (χ2n) is 6.19. The summed E-state index contributed by atoms with van der Waals surface area (Å²) in [6.45, 7) is 2.11. The maximum Gasteiger partial charge on any atom is 0.161 e. The highest BCUT2D eigenvalue weighted by Gasteiger charge is 2.23. The predicted molar refractivity (Wildman–Crippen MR) is 87.0 cm³/mol. The zero-order valence-corrected chi connectivity index (χ0v) is 13.7. The van der Waals surface area contributed by atoms with Crippen molar-refractivity contribution in [2.24, 2.45) is 11.7 Å². The van der Waals surface area contributed by atoms with Gasteiger partial charge in [-0.3, -0.25) is 0 Å². The number of ether oxygens (including phenoxy) is 2. The fraction of sp³-hybridized carbons (Fsp3) is 0.667. The quantitative estimate of drug-likeness (QED) is 0.895. The maximum atomic E-state index is 6.61. The molecule has 1 saturated carbocycles. The van der Waals surface area contributed by atoms with E-state index in [-0.39, 0.29) is 6.04 Å². The average Bonchev–Trinajstić information content (AvgIpc) is 2.46. The third kappa shape index (κ3) is 3.91. The van der Waals surface area contributed by atoms with Crippen LogP contribution in [0.25, 0.3) is 0 Å². The number of benzene rings is 1. The predicted octanol–water partition coefficient (Wildman–Crippen LogP) is 4.37.